The first-order chi connectivity index (χ1) is 8.24. The summed E-state index contributed by atoms with van der Waals surface area (Å²) in [4.78, 5) is 25.9. The number of halogens is 2. The van der Waals surface area contributed by atoms with Crippen LogP contribution in [0.1, 0.15) is 17.3 Å². The smallest absolute Gasteiger partial charge is 0.337 e. The van der Waals surface area contributed by atoms with Crippen molar-refractivity contribution >= 4 is 35.1 Å². The van der Waals surface area contributed by atoms with Gasteiger partial charge in [-0.2, -0.15) is 0 Å². The lowest BCUT2D eigenvalue weighted by molar-refractivity contribution is -0.155. The van der Waals surface area contributed by atoms with Gasteiger partial charge in [0, 0.05) is 6.20 Å². The SMILES string of the molecule is CC(O)(CNC(=O)c1cnc(Cl)c(Cl)c1)C(=O)O. The Balaban J connectivity index is 2.72. The van der Waals surface area contributed by atoms with E-state index in [9.17, 15) is 14.7 Å². The van der Waals surface area contributed by atoms with Gasteiger partial charge in [-0.3, -0.25) is 4.79 Å². The van der Waals surface area contributed by atoms with Crippen LogP contribution in [0.25, 0.3) is 0 Å². The van der Waals surface area contributed by atoms with Gasteiger partial charge in [-0.1, -0.05) is 23.2 Å². The second kappa shape index (κ2) is 5.51. The third kappa shape index (κ3) is 3.56. The zero-order chi connectivity index (χ0) is 13.9. The molecule has 0 radical (unpaired) electrons. The van der Waals surface area contributed by atoms with E-state index in [2.05, 4.69) is 10.3 Å². The predicted molar refractivity (Wildman–Crippen MR) is 64.8 cm³/mol. The van der Waals surface area contributed by atoms with Crippen LogP contribution in [0.4, 0.5) is 0 Å². The van der Waals surface area contributed by atoms with E-state index in [1.165, 1.54) is 12.3 Å². The molecule has 1 rings (SSSR count). The highest BCUT2D eigenvalue weighted by molar-refractivity contribution is 6.41. The van der Waals surface area contributed by atoms with Gasteiger partial charge in [-0.15, -0.1) is 0 Å². The predicted octanol–water partition coefficient (Wildman–Crippen LogP) is 0.954. The monoisotopic (exact) mass is 292 g/mol. The first-order valence-electron chi connectivity index (χ1n) is 4.79. The van der Waals surface area contributed by atoms with Crippen LogP contribution in [0.5, 0.6) is 0 Å². The number of aliphatic carboxylic acids is 1. The van der Waals surface area contributed by atoms with Crippen LogP contribution in [0.2, 0.25) is 10.2 Å². The van der Waals surface area contributed by atoms with Crippen molar-refractivity contribution in [1.82, 2.24) is 10.3 Å². The maximum absolute atomic E-state index is 11.6. The first-order valence-corrected chi connectivity index (χ1v) is 5.54. The van der Waals surface area contributed by atoms with Gasteiger partial charge in [0.15, 0.2) is 5.60 Å². The van der Waals surface area contributed by atoms with E-state index >= 15 is 0 Å². The maximum atomic E-state index is 11.6. The third-order valence-corrected chi connectivity index (χ3v) is 2.80. The highest BCUT2D eigenvalue weighted by atomic mass is 35.5. The van der Waals surface area contributed by atoms with Crippen LogP contribution in [0, 0.1) is 0 Å². The molecule has 0 aliphatic carbocycles. The summed E-state index contributed by atoms with van der Waals surface area (Å²) in [7, 11) is 0. The van der Waals surface area contributed by atoms with Gasteiger partial charge >= 0.3 is 5.97 Å². The number of hydrogen-bond acceptors (Lipinski definition) is 4. The first kappa shape index (κ1) is 14.7. The molecule has 1 heterocycles. The number of pyridine rings is 1. The average Bonchev–Trinajstić information content (AvgIpc) is 2.29. The molecular weight excluding hydrogens is 283 g/mol. The summed E-state index contributed by atoms with van der Waals surface area (Å²) in [6, 6.07) is 1.29. The number of nitrogens with one attached hydrogen (secondary N) is 1. The number of amides is 1. The molecule has 0 spiro atoms. The van der Waals surface area contributed by atoms with Crippen LogP contribution in [-0.4, -0.2) is 39.2 Å². The fraction of sp³-hybridized carbons (Fsp3) is 0.300. The molecule has 0 saturated heterocycles. The van der Waals surface area contributed by atoms with E-state index in [0.29, 0.717) is 0 Å². The van der Waals surface area contributed by atoms with Crippen molar-refractivity contribution in [3.8, 4) is 0 Å². The lowest BCUT2D eigenvalue weighted by Crippen LogP contribution is -2.46. The Bertz CT molecular complexity index is 491. The van der Waals surface area contributed by atoms with Crippen LogP contribution >= 0.6 is 23.2 Å². The molecule has 1 amide bonds. The van der Waals surface area contributed by atoms with Crippen molar-refractivity contribution in [1.29, 1.82) is 0 Å². The summed E-state index contributed by atoms with van der Waals surface area (Å²) in [5.74, 6) is -2.04. The number of hydrogen-bond donors (Lipinski definition) is 3. The fourth-order valence-electron chi connectivity index (χ4n) is 0.975. The number of carbonyl (C=O) groups is 2. The Morgan fingerprint density at radius 2 is 2.11 bits per heavy atom. The normalized spacial score (nSPS) is 13.8. The summed E-state index contributed by atoms with van der Waals surface area (Å²) >= 11 is 11.3. The molecule has 98 valence electrons. The second-order valence-corrected chi connectivity index (χ2v) is 4.52. The van der Waals surface area contributed by atoms with Crippen LogP contribution < -0.4 is 5.32 Å². The molecule has 0 aliphatic rings. The molecular formula is C10H10Cl2N2O4. The molecule has 6 nitrogen and oxygen atoms in total. The van der Waals surface area contributed by atoms with Crippen molar-refractivity contribution in [3.63, 3.8) is 0 Å². The second-order valence-electron chi connectivity index (χ2n) is 3.76. The molecule has 0 fully saturated rings. The lowest BCUT2D eigenvalue weighted by Gasteiger charge is -2.18. The number of rotatable bonds is 4. The topological polar surface area (TPSA) is 99.5 Å². The van der Waals surface area contributed by atoms with E-state index < -0.39 is 24.0 Å². The van der Waals surface area contributed by atoms with Gasteiger partial charge in [-0.05, 0) is 13.0 Å². The Kier molecular flexibility index (Phi) is 4.50. The quantitative estimate of drug-likeness (QED) is 0.718. The Hall–Kier alpha value is -1.37. The summed E-state index contributed by atoms with van der Waals surface area (Å²) in [6.07, 6.45) is 1.19. The molecule has 18 heavy (non-hydrogen) atoms. The van der Waals surface area contributed by atoms with Crippen LogP contribution in [0.15, 0.2) is 12.3 Å². The molecule has 0 saturated carbocycles. The van der Waals surface area contributed by atoms with Crippen molar-refractivity contribution in [2.45, 2.75) is 12.5 Å². The van der Waals surface area contributed by atoms with E-state index in [4.69, 9.17) is 28.3 Å². The Morgan fingerprint density at radius 3 is 2.61 bits per heavy atom. The Labute approximate surface area is 113 Å². The van der Waals surface area contributed by atoms with Crippen molar-refractivity contribution < 1.29 is 19.8 Å². The molecule has 0 aliphatic heterocycles. The number of nitrogens with zero attached hydrogens (tertiary/aromatic N) is 1. The number of aromatic nitrogens is 1. The summed E-state index contributed by atoms with van der Waals surface area (Å²) in [5.41, 5.74) is -1.93. The summed E-state index contributed by atoms with van der Waals surface area (Å²) in [6.45, 7) is 0.629. The average molecular weight is 293 g/mol. The highest BCUT2D eigenvalue weighted by Crippen LogP contribution is 2.19. The largest absolute Gasteiger partial charge is 0.479 e. The van der Waals surface area contributed by atoms with Gasteiger partial charge in [0.25, 0.3) is 5.91 Å². The van der Waals surface area contributed by atoms with E-state index in [1.54, 1.807) is 0 Å². The summed E-state index contributed by atoms with van der Waals surface area (Å²) in [5, 5.41) is 20.5. The molecule has 1 aromatic rings. The van der Waals surface area contributed by atoms with E-state index in [1.807, 2.05) is 0 Å². The van der Waals surface area contributed by atoms with Gasteiger partial charge < -0.3 is 15.5 Å². The molecule has 8 heteroatoms. The molecule has 1 aromatic heterocycles. The molecule has 0 aromatic carbocycles. The number of carboxylic acid groups (broad SMARTS) is 1. The molecule has 1 unspecified atom stereocenters. The minimum Gasteiger partial charge on any atom is -0.479 e. The minimum atomic E-state index is -2.04. The van der Waals surface area contributed by atoms with Crippen LogP contribution in [0.3, 0.4) is 0 Å². The molecule has 0 bridgehead atoms. The van der Waals surface area contributed by atoms with Gasteiger partial charge in [0.1, 0.15) is 5.15 Å². The zero-order valence-corrected chi connectivity index (χ0v) is 10.8. The summed E-state index contributed by atoms with van der Waals surface area (Å²) < 4.78 is 0. The van der Waals surface area contributed by atoms with Gasteiger partial charge in [0.05, 0.1) is 17.1 Å². The zero-order valence-electron chi connectivity index (χ0n) is 9.28. The van der Waals surface area contributed by atoms with Crippen molar-refractivity contribution in [3.05, 3.63) is 28.0 Å². The standard InChI is InChI=1S/C10H10Cl2N2O4/c1-10(18,9(16)17)4-14-8(15)5-2-6(11)7(12)13-3-5/h2-3,18H,4H2,1H3,(H,14,15)(H,16,17). The molecule has 1 atom stereocenters. The maximum Gasteiger partial charge on any atom is 0.337 e. The molecule has 3 N–H and O–H groups in total. The Morgan fingerprint density at radius 1 is 1.50 bits per heavy atom. The number of carbonyl (C=O) groups excluding carboxylic acids is 1. The van der Waals surface area contributed by atoms with Gasteiger partial charge in [0.2, 0.25) is 0 Å². The van der Waals surface area contributed by atoms with Gasteiger partial charge in [-0.25, -0.2) is 9.78 Å². The van der Waals surface area contributed by atoms with Crippen molar-refractivity contribution in [2.75, 3.05) is 6.54 Å². The van der Waals surface area contributed by atoms with Crippen LogP contribution in [-0.2, 0) is 4.79 Å². The highest BCUT2D eigenvalue weighted by Gasteiger charge is 2.30. The van der Waals surface area contributed by atoms with E-state index in [0.717, 1.165) is 6.92 Å². The number of aliphatic hydroxyl groups is 1. The third-order valence-electron chi connectivity index (χ3n) is 2.11. The fourth-order valence-corrected chi connectivity index (χ4v) is 1.25. The lowest BCUT2D eigenvalue weighted by atomic mass is 10.1. The number of carboxylic acids is 1. The van der Waals surface area contributed by atoms with E-state index in [-0.39, 0.29) is 15.7 Å². The van der Waals surface area contributed by atoms with Crippen molar-refractivity contribution in [2.24, 2.45) is 0 Å². The minimum absolute atomic E-state index is 0.0609.